The predicted molar refractivity (Wildman–Crippen MR) is 73.8 cm³/mol. The summed E-state index contributed by atoms with van der Waals surface area (Å²) in [5, 5.41) is 2.45. The van der Waals surface area contributed by atoms with Gasteiger partial charge in [-0.3, -0.25) is 5.32 Å². The maximum Gasteiger partial charge on any atom is 0.413 e. The molecule has 0 saturated carbocycles. The van der Waals surface area contributed by atoms with Crippen LogP contribution in [0.1, 0.15) is 5.56 Å². The highest BCUT2D eigenvalue weighted by molar-refractivity contribution is 6.28. The van der Waals surface area contributed by atoms with Gasteiger partial charge in [0.25, 0.3) is 0 Å². The second-order valence-corrected chi connectivity index (χ2v) is 4.08. The third-order valence-electron chi connectivity index (χ3n) is 2.38. The Bertz CT molecular complexity index is 593. The number of methoxy groups -OCH3 is 1. The fourth-order valence-corrected chi connectivity index (χ4v) is 1.58. The SMILES string of the molecule is COc1cnc(Cl)nc1NC(=O)OCc1ccccc1. The highest BCUT2D eigenvalue weighted by Crippen LogP contribution is 2.21. The summed E-state index contributed by atoms with van der Waals surface area (Å²) >= 11 is 5.66. The van der Waals surface area contributed by atoms with Gasteiger partial charge < -0.3 is 9.47 Å². The number of carbonyl (C=O) groups is 1. The van der Waals surface area contributed by atoms with Crippen LogP contribution in [0.5, 0.6) is 5.75 Å². The molecule has 0 aliphatic heterocycles. The number of anilines is 1. The van der Waals surface area contributed by atoms with Gasteiger partial charge in [-0.15, -0.1) is 0 Å². The van der Waals surface area contributed by atoms with E-state index in [0.29, 0.717) is 5.75 Å². The number of aromatic nitrogens is 2. The second kappa shape index (κ2) is 6.72. The van der Waals surface area contributed by atoms with E-state index >= 15 is 0 Å². The second-order valence-electron chi connectivity index (χ2n) is 3.74. The molecule has 1 amide bonds. The molecular formula is C13H12ClN3O3. The minimum atomic E-state index is -0.651. The molecule has 0 radical (unpaired) electrons. The maximum atomic E-state index is 11.7. The van der Waals surface area contributed by atoms with Gasteiger partial charge >= 0.3 is 6.09 Å². The third kappa shape index (κ3) is 3.83. The van der Waals surface area contributed by atoms with Crippen molar-refractivity contribution in [3.8, 4) is 5.75 Å². The van der Waals surface area contributed by atoms with Crippen molar-refractivity contribution in [2.45, 2.75) is 6.61 Å². The van der Waals surface area contributed by atoms with Gasteiger partial charge in [0.2, 0.25) is 5.28 Å². The van der Waals surface area contributed by atoms with Gasteiger partial charge in [-0.05, 0) is 17.2 Å². The first kappa shape index (κ1) is 14.1. The van der Waals surface area contributed by atoms with E-state index in [2.05, 4.69) is 15.3 Å². The van der Waals surface area contributed by atoms with E-state index in [0.717, 1.165) is 5.56 Å². The van der Waals surface area contributed by atoms with E-state index < -0.39 is 6.09 Å². The fourth-order valence-electron chi connectivity index (χ4n) is 1.44. The number of hydrogen-bond donors (Lipinski definition) is 1. The van der Waals surface area contributed by atoms with Crippen LogP contribution in [-0.2, 0) is 11.3 Å². The molecular weight excluding hydrogens is 282 g/mol. The summed E-state index contributed by atoms with van der Waals surface area (Å²) in [6.07, 6.45) is 0.712. The Hall–Kier alpha value is -2.34. The van der Waals surface area contributed by atoms with Crippen molar-refractivity contribution >= 4 is 23.5 Å². The third-order valence-corrected chi connectivity index (χ3v) is 2.56. The van der Waals surface area contributed by atoms with Crippen molar-refractivity contribution in [1.82, 2.24) is 9.97 Å². The van der Waals surface area contributed by atoms with Crippen molar-refractivity contribution < 1.29 is 14.3 Å². The van der Waals surface area contributed by atoms with E-state index in [9.17, 15) is 4.79 Å². The molecule has 1 N–H and O–H groups in total. The van der Waals surface area contributed by atoms with Gasteiger partial charge in [0.05, 0.1) is 13.3 Å². The molecule has 0 aliphatic rings. The number of ether oxygens (including phenoxy) is 2. The Morgan fingerprint density at radius 3 is 2.80 bits per heavy atom. The van der Waals surface area contributed by atoms with Crippen LogP contribution in [-0.4, -0.2) is 23.2 Å². The highest BCUT2D eigenvalue weighted by Gasteiger charge is 2.11. The first-order valence-electron chi connectivity index (χ1n) is 5.73. The maximum absolute atomic E-state index is 11.7. The Morgan fingerprint density at radius 1 is 1.35 bits per heavy atom. The Balaban J connectivity index is 1.96. The lowest BCUT2D eigenvalue weighted by Gasteiger charge is -2.09. The Labute approximate surface area is 120 Å². The quantitative estimate of drug-likeness (QED) is 0.877. The molecule has 1 aromatic carbocycles. The number of amides is 1. The Morgan fingerprint density at radius 2 is 2.10 bits per heavy atom. The topological polar surface area (TPSA) is 73.3 Å². The van der Waals surface area contributed by atoms with E-state index in [1.165, 1.54) is 13.3 Å². The lowest BCUT2D eigenvalue weighted by Crippen LogP contribution is -2.15. The van der Waals surface area contributed by atoms with Crippen molar-refractivity contribution in [2.24, 2.45) is 0 Å². The number of carbonyl (C=O) groups excluding carboxylic acids is 1. The molecule has 0 atom stereocenters. The van der Waals surface area contributed by atoms with Crippen LogP contribution in [0.15, 0.2) is 36.5 Å². The molecule has 0 aliphatic carbocycles. The average molecular weight is 294 g/mol. The first-order chi connectivity index (χ1) is 9.69. The number of nitrogens with one attached hydrogen (secondary N) is 1. The summed E-state index contributed by atoms with van der Waals surface area (Å²) in [5.41, 5.74) is 0.885. The number of hydrogen-bond acceptors (Lipinski definition) is 5. The lowest BCUT2D eigenvalue weighted by molar-refractivity contribution is 0.155. The van der Waals surface area contributed by atoms with Crippen LogP contribution in [0.4, 0.5) is 10.6 Å². The zero-order valence-electron chi connectivity index (χ0n) is 10.7. The number of rotatable bonds is 4. The molecule has 104 valence electrons. The zero-order valence-corrected chi connectivity index (χ0v) is 11.4. The van der Waals surface area contributed by atoms with Gasteiger partial charge in [-0.1, -0.05) is 30.3 Å². The minimum absolute atomic E-state index is 0.00385. The monoisotopic (exact) mass is 293 g/mol. The molecule has 2 aromatic rings. The summed E-state index contributed by atoms with van der Waals surface area (Å²) < 4.78 is 10.1. The molecule has 0 saturated heterocycles. The molecule has 6 nitrogen and oxygen atoms in total. The Kier molecular flexibility index (Phi) is 4.73. The summed E-state index contributed by atoms with van der Waals surface area (Å²) in [6, 6.07) is 9.33. The largest absolute Gasteiger partial charge is 0.491 e. The van der Waals surface area contributed by atoms with Crippen molar-refractivity contribution in [3.05, 3.63) is 47.4 Å². The minimum Gasteiger partial charge on any atom is -0.491 e. The molecule has 2 rings (SSSR count). The molecule has 1 aromatic heterocycles. The predicted octanol–water partition coefficient (Wildman–Crippen LogP) is 2.89. The van der Waals surface area contributed by atoms with Gasteiger partial charge in [-0.2, -0.15) is 4.98 Å². The molecule has 0 spiro atoms. The van der Waals surface area contributed by atoms with Gasteiger partial charge in [0.1, 0.15) is 6.61 Å². The summed E-state index contributed by atoms with van der Waals surface area (Å²) in [4.78, 5) is 19.3. The standard InChI is InChI=1S/C13H12ClN3O3/c1-19-10-7-15-12(14)16-11(10)17-13(18)20-8-9-5-3-2-4-6-9/h2-7H,8H2,1H3,(H,15,16,17,18). The number of nitrogens with zero attached hydrogens (tertiary/aromatic N) is 2. The van der Waals surface area contributed by atoms with Gasteiger partial charge in [-0.25, -0.2) is 9.78 Å². The number of halogens is 1. The first-order valence-corrected chi connectivity index (χ1v) is 6.11. The van der Waals surface area contributed by atoms with Crippen LogP contribution in [0.25, 0.3) is 0 Å². The average Bonchev–Trinajstić information content (AvgIpc) is 2.46. The van der Waals surface area contributed by atoms with Crippen LogP contribution in [0, 0.1) is 0 Å². The van der Waals surface area contributed by atoms with Crippen LogP contribution >= 0.6 is 11.6 Å². The number of benzene rings is 1. The molecule has 0 bridgehead atoms. The summed E-state index contributed by atoms with van der Waals surface area (Å²) in [5.74, 6) is 0.455. The van der Waals surface area contributed by atoms with Crippen LogP contribution in [0.3, 0.4) is 0 Å². The normalized spacial score (nSPS) is 9.90. The van der Waals surface area contributed by atoms with Crippen molar-refractivity contribution in [2.75, 3.05) is 12.4 Å². The summed E-state index contributed by atoms with van der Waals surface area (Å²) in [7, 11) is 1.44. The van der Waals surface area contributed by atoms with E-state index in [1.54, 1.807) is 0 Å². The molecule has 20 heavy (non-hydrogen) atoms. The molecule has 1 heterocycles. The molecule has 0 fully saturated rings. The van der Waals surface area contributed by atoms with Crippen molar-refractivity contribution in [3.63, 3.8) is 0 Å². The fraction of sp³-hybridized carbons (Fsp3) is 0.154. The van der Waals surface area contributed by atoms with Crippen molar-refractivity contribution in [1.29, 1.82) is 0 Å². The highest BCUT2D eigenvalue weighted by atomic mass is 35.5. The smallest absolute Gasteiger partial charge is 0.413 e. The van der Waals surface area contributed by atoms with E-state index in [1.807, 2.05) is 30.3 Å². The van der Waals surface area contributed by atoms with Gasteiger partial charge in [0.15, 0.2) is 11.6 Å². The molecule has 0 unspecified atom stereocenters. The zero-order chi connectivity index (χ0) is 14.4. The van der Waals surface area contributed by atoms with E-state index in [4.69, 9.17) is 21.1 Å². The molecule has 7 heteroatoms. The summed E-state index contributed by atoms with van der Waals surface area (Å²) in [6.45, 7) is 0.161. The van der Waals surface area contributed by atoms with Crippen LogP contribution < -0.4 is 10.1 Å². The van der Waals surface area contributed by atoms with Crippen LogP contribution in [0.2, 0.25) is 5.28 Å². The van der Waals surface area contributed by atoms with E-state index in [-0.39, 0.29) is 17.7 Å². The van der Waals surface area contributed by atoms with Gasteiger partial charge in [0, 0.05) is 0 Å². The lowest BCUT2D eigenvalue weighted by atomic mass is 10.2.